The first-order valence-electron chi connectivity index (χ1n) is 7.56. The maximum Gasteiger partial charge on any atom is 0.339 e. The molecule has 2 heterocycles. The third-order valence-electron chi connectivity index (χ3n) is 4.25. The van der Waals surface area contributed by atoms with Gasteiger partial charge in [-0.2, -0.15) is 0 Å². The minimum atomic E-state index is -0.287. The minimum absolute atomic E-state index is 0. The van der Waals surface area contributed by atoms with Gasteiger partial charge in [-0.3, -0.25) is 0 Å². The monoisotopic (exact) mass is 339 g/mol. The van der Waals surface area contributed by atoms with Gasteiger partial charge >= 0.3 is 5.63 Å². The topological polar surface area (TPSA) is 60.7 Å². The van der Waals surface area contributed by atoms with Crippen LogP contribution in [-0.4, -0.2) is 32.4 Å². The molecule has 2 aromatic rings. The van der Waals surface area contributed by atoms with Gasteiger partial charge in [-0.15, -0.1) is 12.4 Å². The summed E-state index contributed by atoms with van der Waals surface area (Å²) in [7, 11) is 0. The average molecular weight is 340 g/mol. The Balaban J connectivity index is 0.00000192. The van der Waals surface area contributed by atoms with Crippen molar-refractivity contribution in [2.75, 3.05) is 26.3 Å². The molecule has 1 N–H and O–H groups in total. The molecule has 1 aromatic carbocycles. The molecule has 0 amide bonds. The molecule has 6 heteroatoms. The Morgan fingerprint density at radius 3 is 2.70 bits per heavy atom. The SMILES string of the molecule is Cc1c(C)c2ccc(OC[C@@H]3CNCCO3)c(C)c2oc1=O.Cl. The fourth-order valence-electron chi connectivity index (χ4n) is 2.69. The zero-order valence-corrected chi connectivity index (χ0v) is 14.4. The quantitative estimate of drug-likeness (QED) is 0.871. The van der Waals surface area contributed by atoms with Crippen molar-refractivity contribution in [3.05, 3.63) is 39.2 Å². The van der Waals surface area contributed by atoms with Crippen LogP contribution in [0.5, 0.6) is 5.75 Å². The first-order valence-corrected chi connectivity index (χ1v) is 7.56. The Bertz CT molecular complexity index is 750. The maximum absolute atomic E-state index is 11.9. The van der Waals surface area contributed by atoms with E-state index in [2.05, 4.69) is 5.32 Å². The van der Waals surface area contributed by atoms with Crippen LogP contribution in [0.2, 0.25) is 0 Å². The van der Waals surface area contributed by atoms with Gasteiger partial charge in [0, 0.05) is 29.6 Å². The average Bonchev–Trinajstić information content (AvgIpc) is 2.54. The minimum Gasteiger partial charge on any atom is -0.490 e. The number of morpholine rings is 1. The summed E-state index contributed by atoms with van der Waals surface area (Å²) in [5.41, 5.74) is 2.78. The van der Waals surface area contributed by atoms with E-state index in [1.807, 2.05) is 26.0 Å². The summed E-state index contributed by atoms with van der Waals surface area (Å²) in [5, 5.41) is 4.23. The molecule has 0 radical (unpaired) electrons. The Morgan fingerprint density at radius 2 is 2.00 bits per heavy atom. The van der Waals surface area contributed by atoms with Gasteiger partial charge in [0.15, 0.2) is 0 Å². The Hall–Kier alpha value is -1.56. The van der Waals surface area contributed by atoms with Crippen molar-refractivity contribution in [1.29, 1.82) is 0 Å². The molecule has 3 rings (SSSR count). The molecule has 23 heavy (non-hydrogen) atoms. The lowest BCUT2D eigenvalue weighted by atomic mass is 10.0. The summed E-state index contributed by atoms with van der Waals surface area (Å²) < 4.78 is 16.9. The molecule has 126 valence electrons. The molecule has 0 aliphatic carbocycles. The highest BCUT2D eigenvalue weighted by Crippen LogP contribution is 2.29. The van der Waals surface area contributed by atoms with Crippen LogP contribution in [0.25, 0.3) is 11.0 Å². The summed E-state index contributed by atoms with van der Waals surface area (Å²) >= 11 is 0. The first kappa shape index (κ1) is 17.8. The number of nitrogens with one attached hydrogen (secondary N) is 1. The van der Waals surface area contributed by atoms with Crippen LogP contribution in [0.4, 0.5) is 0 Å². The summed E-state index contributed by atoms with van der Waals surface area (Å²) in [6.07, 6.45) is 0.0515. The summed E-state index contributed by atoms with van der Waals surface area (Å²) in [6.45, 7) is 8.50. The van der Waals surface area contributed by atoms with Crippen molar-refractivity contribution in [3.8, 4) is 5.75 Å². The summed E-state index contributed by atoms with van der Waals surface area (Å²) in [4.78, 5) is 11.9. The highest BCUT2D eigenvalue weighted by atomic mass is 35.5. The number of aryl methyl sites for hydroxylation is 2. The molecule has 0 spiro atoms. The van der Waals surface area contributed by atoms with E-state index < -0.39 is 0 Å². The number of hydrogen-bond donors (Lipinski definition) is 1. The molecule has 0 bridgehead atoms. The lowest BCUT2D eigenvalue weighted by Crippen LogP contribution is -2.41. The van der Waals surface area contributed by atoms with Gasteiger partial charge in [0.25, 0.3) is 0 Å². The number of ether oxygens (including phenoxy) is 2. The lowest BCUT2D eigenvalue weighted by molar-refractivity contribution is 0.0000792. The number of fused-ring (bicyclic) bond motifs is 1. The lowest BCUT2D eigenvalue weighted by Gasteiger charge is -2.24. The number of benzene rings is 1. The second-order valence-electron chi connectivity index (χ2n) is 5.71. The van der Waals surface area contributed by atoms with E-state index in [0.717, 1.165) is 35.4 Å². The Labute approximate surface area is 141 Å². The Kier molecular flexibility index (Phi) is 5.68. The molecule has 1 saturated heterocycles. The van der Waals surface area contributed by atoms with E-state index >= 15 is 0 Å². The van der Waals surface area contributed by atoms with Crippen molar-refractivity contribution in [2.24, 2.45) is 0 Å². The van der Waals surface area contributed by atoms with Gasteiger partial charge in [-0.1, -0.05) is 0 Å². The van der Waals surface area contributed by atoms with Crippen LogP contribution in [0.15, 0.2) is 21.3 Å². The van der Waals surface area contributed by atoms with E-state index in [1.165, 1.54) is 0 Å². The van der Waals surface area contributed by atoms with Crippen LogP contribution in [-0.2, 0) is 4.74 Å². The molecular weight excluding hydrogens is 318 g/mol. The zero-order valence-electron chi connectivity index (χ0n) is 13.6. The van der Waals surface area contributed by atoms with Gasteiger partial charge < -0.3 is 19.2 Å². The predicted octanol–water partition coefficient (Wildman–Crippen LogP) is 2.51. The van der Waals surface area contributed by atoms with Crippen LogP contribution in [0.3, 0.4) is 0 Å². The number of halogens is 1. The van der Waals surface area contributed by atoms with Crippen molar-refractivity contribution in [3.63, 3.8) is 0 Å². The molecule has 1 aliphatic heterocycles. The predicted molar refractivity (Wildman–Crippen MR) is 92.0 cm³/mol. The van der Waals surface area contributed by atoms with Crippen LogP contribution < -0.4 is 15.7 Å². The van der Waals surface area contributed by atoms with Crippen LogP contribution in [0, 0.1) is 20.8 Å². The largest absolute Gasteiger partial charge is 0.490 e. The second-order valence-corrected chi connectivity index (χ2v) is 5.71. The van der Waals surface area contributed by atoms with Gasteiger partial charge in [-0.25, -0.2) is 4.79 Å². The van der Waals surface area contributed by atoms with Crippen molar-refractivity contribution >= 4 is 23.4 Å². The molecular formula is C17H22ClNO4. The third kappa shape index (κ3) is 3.52. The molecule has 5 nitrogen and oxygen atoms in total. The van der Waals surface area contributed by atoms with E-state index in [9.17, 15) is 4.79 Å². The fraction of sp³-hybridized carbons (Fsp3) is 0.471. The molecule has 1 fully saturated rings. The van der Waals surface area contributed by atoms with Gasteiger partial charge in [0.2, 0.25) is 0 Å². The third-order valence-corrected chi connectivity index (χ3v) is 4.25. The van der Waals surface area contributed by atoms with E-state index in [-0.39, 0.29) is 24.1 Å². The van der Waals surface area contributed by atoms with Gasteiger partial charge in [0.05, 0.1) is 6.61 Å². The molecule has 0 saturated carbocycles. The molecule has 1 aliphatic rings. The summed E-state index contributed by atoms with van der Waals surface area (Å²) in [6, 6.07) is 3.88. The van der Waals surface area contributed by atoms with Gasteiger partial charge in [0.1, 0.15) is 24.0 Å². The fourth-order valence-corrected chi connectivity index (χ4v) is 2.69. The second kappa shape index (κ2) is 7.34. The molecule has 0 unspecified atom stereocenters. The van der Waals surface area contributed by atoms with Crippen LogP contribution >= 0.6 is 12.4 Å². The first-order chi connectivity index (χ1) is 10.6. The number of rotatable bonds is 3. The maximum atomic E-state index is 11.9. The van der Waals surface area contributed by atoms with Crippen molar-refractivity contribution in [2.45, 2.75) is 26.9 Å². The van der Waals surface area contributed by atoms with E-state index in [4.69, 9.17) is 13.9 Å². The Morgan fingerprint density at radius 1 is 1.22 bits per heavy atom. The van der Waals surface area contributed by atoms with Crippen molar-refractivity contribution in [1.82, 2.24) is 5.32 Å². The standard InChI is InChI=1S/C17H21NO4.ClH/c1-10-11(2)17(19)22-16-12(3)15(5-4-14(10)16)21-9-13-8-18-6-7-20-13;/h4-5,13,18H,6-9H2,1-3H3;1H/t13-;/m0./s1. The highest BCUT2D eigenvalue weighted by Gasteiger charge is 2.16. The van der Waals surface area contributed by atoms with Crippen molar-refractivity contribution < 1.29 is 13.9 Å². The molecule has 1 aromatic heterocycles. The normalized spacial score (nSPS) is 17.8. The molecule has 1 atom stereocenters. The number of hydrogen-bond acceptors (Lipinski definition) is 5. The highest BCUT2D eigenvalue weighted by molar-refractivity contribution is 5.85. The summed E-state index contributed by atoms with van der Waals surface area (Å²) in [5.74, 6) is 0.730. The van der Waals surface area contributed by atoms with E-state index in [0.29, 0.717) is 24.4 Å². The van der Waals surface area contributed by atoms with Crippen LogP contribution in [0.1, 0.15) is 16.7 Å². The van der Waals surface area contributed by atoms with Gasteiger partial charge in [-0.05, 0) is 38.5 Å². The zero-order chi connectivity index (χ0) is 15.7. The smallest absolute Gasteiger partial charge is 0.339 e. The van der Waals surface area contributed by atoms with E-state index in [1.54, 1.807) is 6.92 Å².